The Morgan fingerprint density at radius 2 is 0.778 bits per heavy atom. The van der Waals surface area contributed by atoms with Crippen LogP contribution in [0.3, 0.4) is 0 Å². The zero-order chi connectivity index (χ0) is 26.3. The average Bonchev–Trinajstić information content (AvgIpc) is 2.82. The second-order valence-corrected chi connectivity index (χ2v) is 12.2. The van der Waals surface area contributed by atoms with Gasteiger partial charge in [-0.3, -0.25) is 0 Å². The fraction of sp³-hybridized carbons (Fsp3) is 0.314. The molecule has 0 N–H and O–H groups in total. The first-order valence-electron chi connectivity index (χ1n) is 13.0. The van der Waals surface area contributed by atoms with Gasteiger partial charge in [0.15, 0.2) is 0 Å². The molecule has 0 amide bonds. The molecule has 0 aliphatic heterocycles. The number of benzene rings is 4. The lowest BCUT2D eigenvalue weighted by Crippen LogP contribution is -2.14. The summed E-state index contributed by atoms with van der Waals surface area (Å²) in [5, 5.41) is 0. The van der Waals surface area contributed by atoms with Gasteiger partial charge in [-0.25, -0.2) is 0 Å². The SMILES string of the molecule is Cc1cc(-c2ccc(N(c3ccc(C(C)(C)C)cc3)c3ccc(C(C)(C)C)cc3)cc2)cc(C)c1C. The van der Waals surface area contributed by atoms with Crippen LogP contribution in [0.5, 0.6) is 0 Å². The Morgan fingerprint density at radius 1 is 0.444 bits per heavy atom. The first-order valence-corrected chi connectivity index (χ1v) is 13.0. The number of anilines is 3. The van der Waals surface area contributed by atoms with Gasteiger partial charge in [0, 0.05) is 17.1 Å². The molecule has 186 valence electrons. The number of hydrogen-bond donors (Lipinski definition) is 0. The van der Waals surface area contributed by atoms with Gasteiger partial charge in [0.05, 0.1) is 0 Å². The molecule has 0 radical (unpaired) electrons. The zero-order valence-electron chi connectivity index (χ0n) is 23.5. The lowest BCUT2D eigenvalue weighted by atomic mass is 9.86. The zero-order valence-corrected chi connectivity index (χ0v) is 23.5. The highest BCUT2D eigenvalue weighted by Gasteiger charge is 2.18. The molecule has 0 aromatic heterocycles. The van der Waals surface area contributed by atoms with E-state index in [1.165, 1.54) is 50.3 Å². The van der Waals surface area contributed by atoms with Crippen LogP contribution in [-0.2, 0) is 10.8 Å². The van der Waals surface area contributed by atoms with Gasteiger partial charge in [0.25, 0.3) is 0 Å². The monoisotopic (exact) mass is 475 g/mol. The fourth-order valence-corrected chi connectivity index (χ4v) is 4.67. The van der Waals surface area contributed by atoms with E-state index in [9.17, 15) is 0 Å². The minimum atomic E-state index is 0.129. The van der Waals surface area contributed by atoms with E-state index in [-0.39, 0.29) is 10.8 Å². The van der Waals surface area contributed by atoms with E-state index in [1.54, 1.807) is 0 Å². The predicted molar refractivity (Wildman–Crippen MR) is 158 cm³/mol. The molecule has 0 fully saturated rings. The summed E-state index contributed by atoms with van der Waals surface area (Å²) >= 11 is 0. The van der Waals surface area contributed by atoms with Crippen LogP contribution >= 0.6 is 0 Å². The molecule has 1 heteroatoms. The highest BCUT2D eigenvalue weighted by molar-refractivity contribution is 5.78. The molecular formula is C35H41N. The van der Waals surface area contributed by atoms with Gasteiger partial charge in [-0.2, -0.15) is 0 Å². The molecule has 0 saturated heterocycles. The van der Waals surface area contributed by atoms with Crippen LogP contribution in [0, 0.1) is 20.8 Å². The van der Waals surface area contributed by atoms with Gasteiger partial charge < -0.3 is 4.90 Å². The maximum Gasteiger partial charge on any atom is 0.0462 e. The molecule has 4 rings (SSSR count). The van der Waals surface area contributed by atoms with Gasteiger partial charge in [0.2, 0.25) is 0 Å². The largest absolute Gasteiger partial charge is 0.311 e. The van der Waals surface area contributed by atoms with Gasteiger partial charge >= 0.3 is 0 Å². The van der Waals surface area contributed by atoms with E-state index in [1.807, 2.05) is 0 Å². The third kappa shape index (κ3) is 5.41. The molecule has 4 aromatic carbocycles. The normalized spacial score (nSPS) is 12.0. The van der Waals surface area contributed by atoms with E-state index in [0.29, 0.717) is 0 Å². The molecule has 0 heterocycles. The van der Waals surface area contributed by atoms with Gasteiger partial charge in [-0.15, -0.1) is 0 Å². The van der Waals surface area contributed by atoms with Crippen LogP contribution in [0.25, 0.3) is 11.1 Å². The van der Waals surface area contributed by atoms with Crippen LogP contribution < -0.4 is 4.90 Å². The highest BCUT2D eigenvalue weighted by Crippen LogP contribution is 2.38. The van der Waals surface area contributed by atoms with Crippen molar-refractivity contribution in [3.05, 3.63) is 113 Å². The third-order valence-electron chi connectivity index (χ3n) is 7.37. The van der Waals surface area contributed by atoms with E-state index in [4.69, 9.17) is 0 Å². The highest BCUT2D eigenvalue weighted by atomic mass is 15.1. The molecule has 1 nitrogen and oxygen atoms in total. The van der Waals surface area contributed by atoms with Crippen molar-refractivity contribution in [2.45, 2.75) is 73.1 Å². The van der Waals surface area contributed by atoms with Gasteiger partial charge in [-0.1, -0.05) is 90.1 Å². The molecule has 0 unspecified atom stereocenters. The van der Waals surface area contributed by atoms with Crippen molar-refractivity contribution in [3.8, 4) is 11.1 Å². The van der Waals surface area contributed by atoms with Gasteiger partial charge in [-0.05, 0) is 107 Å². The van der Waals surface area contributed by atoms with Crippen molar-refractivity contribution in [1.82, 2.24) is 0 Å². The summed E-state index contributed by atoms with van der Waals surface area (Å²) in [6.45, 7) is 20.2. The van der Waals surface area contributed by atoms with Crippen LogP contribution in [0.4, 0.5) is 17.1 Å². The molecular weight excluding hydrogens is 434 g/mol. The molecule has 0 saturated carbocycles. The predicted octanol–water partition coefficient (Wildman–Crippen LogP) is 10.3. The molecule has 0 bridgehead atoms. The van der Waals surface area contributed by atoms with Crippen LogP contribution in [0.15, 0.2) is 84.9 Å². The second-order valence-electron chi connectivity index (χ2n) is 12.2. The summed E-state index contributed by atoms with van der Waals surface area (Å²) in [7, 11) is 0. The topological polar surface area (TPSA) is 3.24 Å². The summed E-state index contributed by atoms with van der Waals surface area (Å²) in [4.78, 5) is 2.36. The summed E-state index contributed by atoms with van der Waals surface area (Å²) in [5.41, 5.74) is 13.0. The molecule has 0 atom stereocenters. The molecule has 0 aliphatic carbocycles. The van der Waals surface area contributed by atoms with Crippen molar-refractivity contribution in [2.75, 3.05) is 4.90 Å². The first-order chi connectivity index (χ1) is 16.8. The smallest absolute Gasteiger partial charge is 0.0462 e. The molecule has 0 spiro atoms. The Morgan fingerprint density at radius 3 is 1.11 bits per heavy atom. The van der Waals surface area contributed by atoms with E-state index < -0.39 is 0 Å². The number of aryl methyl sites for hydroxylation is 2. The van der Waals surface area contributed by atoms with E-state index >= 15 is 0 Å². The second kappa shape index (κ2) is 9.62. The van der Waals surface area contributed by atoms with Gasteiger partial charge in [0.1, 0.15) is 0 Å². The molecule has 4 aromatic rings. The van der Waals surface area contributed by atoms with Crippen molar-refractivity contribution in [3.63, 3.8) is 0 Å². The van der Waals surface area contributed by atoms with Crippen LogP contribution in [-0.4, -0.2) is 0 Å². The Balaban J connectivity index is 1.77. The quantitative estimate of drug-likeness (QED) is 0.284. The minimum Gasteiger partial charge on any atom is -0.311 e. The maximum absolute atomic E-state index is 2.36. The Hall–Kier alpha value is -3.32. The lowest BCUT2D eigenvalue weighted by Gasteiger charge is -2.28. The van der Waals surface area contributed by atoms with Crippen molar-refractivity contribution in [1.29, 1.82) is 0 Å². The first kappa shape index (κ1) is 25.8. The standard InChI is InChI=1S/C35H41N/c1-24-22-28(23-25(2)26(24)3)27-10-16-31(17-11-27)36(32-18-12-29(13-19-32)34(4,5)6)33-20-14-30(15-21-33)35(7,8)9/h10-23H,1-9H3. The fourth-order valence-electron chi connectivity index (χ4n) is 4.67. The lowest BCUT2D eigenvalue weighted by molar-refractivity contribution is 0.590. The van der Waals surface area contributed by atoms with Crippen LogP contribution in [0.1, 0.15) is 69.4 Å². The van der Waals surface area contributed by atoms with Crippen LogP contribution in [0.2, 0.25) is 0 Å². The summed E-state index contributed by atoms with van der Waals surface area (Å²) in [6.07, 6.45) is 0. The van der Waals surface area contributed by atoms with Crippen molar-refractivity contribution in [2.24, 2.45) is 0 Å². The minimum absolute atomic E-state index is 0.129. The van der Waals surface area contributed by atoms with E-state index in [0.717, 1.165) is 5.69 Å². The Labute approximate surface area is 218 Å². The maximum atomic E-state index is 2.36. The summed E-state index contributed by atoms with van der Waals surface area (Å²) < 4.78 is 0. The molecule has 36 heavy (non-hydrogen) atoms. The van der Waals surface area contributed by atoms with E-state index in [2.05, 4.69) is 152 Å². The Kier molecular flexibility index (Phi) is 6.88. The summed E-state index contributed by atoms with van der Waals surface area (Å²) in [5.74, 6) is 0. The number of rotatable bonds is 4. The summed E-state index contributed by atoms with van der Waals surface area (Å²) in [6, 6.07) is 31.6. The Bertz CT molecular complexity index is 1250. The molecule has 0 aliphatic rings. The average molecular weight is 476 g/mol. The van der Waals surface area contributed by atoms with Crippen molar-refractivity contribution >= 4 is 17.1 Å². The van der Waals surface area contributed by atoms with Crippen molar-refractivity contribution < 1.29 is 0 Å². The number of hydrogen-bond acceptors (Lipinski definition) is 1. The number of nitrogens with zero attached hydrogens (tertiary/aromatic N) is 1. The third-order valence-corrected chi connectivity index (χ3v) is 7.37.